The fraction of sp³-hybridized carbons (Fsp3) is 0.278. The van der Waals surface area contributed by atoms with Gasteiger partial charge in [0.15, 0.2) is 17.5 Å². The fourth-order valence-corrected chi connectivity index (χ4v) is 4.49. The number of nitrogens with one attached hydrogen (secondary N) is 2. The van der Waals surface area contributed by atoms with Crippen LogP contribution in [0.25, 0.3) is 0 Å². The van der Waals surface area contributed by atoms with Crippen LogP contribution in [0.3, 0.4) is 0 Å². The van der Waals surface area contributed by atoms with Crippen molar-refractivity contribution in [3.05, 3.63) is 34.8 Å². The van der Waals surface area contributed by atoms with Crippen LogP contribution in [0, 0.1) is 5.41 Å². The minimum atomic E-state index is -4.74. The van der Waals surface area contributed by atoms with Crippen molar-refractivity contribution in [1.29, 1.82) is 5.41 Å². The van der Waals surface area contributed by atoms with Gasteiger partial charge in [-0.05, 0) is 25.1 Å². The van der Waals surface area contributed by atoms with Gasteiger partial charge in [-0.3, -0.25) is 19.6 Å². The van der Waals surface area contributed by atoms with Crippen molar-refractivity contribution in [2.24, 2.45) is 10.9 Å². The minimum absolute atomic E-state index is 0.0112. The Bertz CT molecular complexity index is 1290. The molecule has 2 heterocycles. The van der Waals surface area contributed by atoms with Crippen molar-refractivity contribution in [2.45, 2.75) is 19.0 Å². The number of carbonyl (C=O) groups is 2. The molecule has 1 saturated heterocycles. The molecule has 3 rings (SSSR count). The predicted octanol–water partition coefficient (Wildman–Crippen LogP) is -1.09. The van der Waals surface area contributed by atoms with E-state index >= 15 is 0 Å². The first-order valence-electron chi connectivity index (χ1n) is 9.79. The smallest absolute Gasteiger partial charge is 0.362 e. The number of anilines is 2. The van der Waals surface area contributed by atoms with E-state index in [2.05, 4.69) is 15.5 Å². The van der Waals surface area contributed by atoms with Crippen LogP contribution in [0.2, 0.25) is 0 Å². The SMILES string of the molecule is C[C@H]1[C@H](NC(=O)C(=NOCCOc2ccc(C(=N)N)cc2N)c2csc(N)n2)C(=O)N1S(=O)(=O)O. The molecule has 35 heavy (non-hydrogen) atoms. The predicted molar refractivity (Wildman–Crippen MR) is 126 cm³/mol. The average Bonchev–Trinajstić information content (AvgIpc) is 3.20. The van der Waals surface area contributed by atoms with Crippen LogP contribution in [0.4, 0.5) is 10.8 Å². The zero-order valence-electron chi connectivity index (χ0n) is 18.2. The lowest BCUT2D eigenvalue weighted by atomic mass is 10.0. The Labute approximate surface area is 203 Å². The summed E-state index contributed by atoms with van der Waals surface area (Å²) >= 11 is 1.04. The molecule has 0 bridgehead atoms. The highest BCUT2D eigenvalue weighted by molar-refractivity contribution is 7.84. The molecule has 2 atom stereocenters. The van der Waals surface area contributed by atoms with E-state index in [9.17, 15) is 18.0 Å². The van der Waals surface area contributed by atoms with Crippen molar-refractivity contribution < 1.29 is 32.1 Å². The molecule has 17 heteroatoms. The van der Waals surface area contributed by atoms with Gasteiger partial charge in [-0.15, -0.1) is 11.3 Å². The second-order valence-corrected chi connectivity index (χ2v) is 9.34. The molecule has 1 aromatic heterocycles. The third-order valence-electron chi connectivity index (χ3n) is 4.76. The summed E-state index contributed by atoms with van der Waals surface area (Å²) in [6, 6.07) is 2.36. The molecule has 9 N–H and O–H groups in total. The van der Waals surface area contributed by atoms with Gasteiger partial charge >= 0.3 is 10.3 Å². The molecular weight excluding hydrogens is 504 g/mol. The van der Waals surface area contributed by atoms with Gasteiger partial charge in [0.05, 0.1) is 11.7 Å². The van der Waals surface area contributed by atoms with Gasteiger partial charge in [-0.2, -0.15) is 8.42 Å². The van der Waals surface area contributed by atoms with E-state index in [-0.39, 0.29) is 45.6 Å². The number of aromatic nitrogens is 1. The fourth-order valence-electron chi connectivity index (χ4n) is 3.06. The summed E-state index contributed by atoms with van der Waals surface area (Å²) < 4.78 is 37.3. The van der Waals surface area contributed by atoms with Crippen LogP contribution >= 0.6 is 11.3 Å². The lowest BCUT2D eigenvalue weighted by molar-refractivity contribution is -0.143. The monoisotopic (exact) mass is 526 g/mol. The van der Waals surface area contributed by atoms with Gasteiger partial charge in [0, 0.05) is 10.9 Å². The number of thiazole rings is 1. The molecule has 0 radical (unpaired) electrons. The number of ether oxygens (including phenoxy) is 1. The number of β-lactam (4-membered cyclic amide) rings is 1. The minimum Gasteiger partial charge on any atom is -0.488 e. The van der Waals surface area contributed by atoms with E-state index in [0.717, 1.165) is 11.3 Å². The van der Waals surface area contributed by atoms with E-state index in [4.69, 9.17) is 36.7 Å². The Kier molecular flexibility index (Phi) is 7.42. The maximum Gasteiger partial charge on any atom is 0.362 e. The summed E-state index contributed by atoms with van der Waals surface area (Å²) in [5.74, 6) is -1.69. The zero-order valence-corrected chi connectivity index (χ0v) is 19.8. The van der Waals surface area contributed by atoms with Gasteiger partial charge in [0.2, 0.25) is 0 Å². The third kappa shape index (κ3) is 5.76. The molecule has 0 unspecified atom stereocenters. The number of nitrogen functional groups attached to an aromatic ring is 3. The quantitative estimate of drug-likeness (QED) is 0.0412. The van der Waals surface area contributed by atoms with Crippen molar-refractivity contribution in [2.75, 3.05) is 24.7 Å². The summed E-state index contributed by atoms with van der Waals surface area (Å²) in [6.45, 7) is 1.21. The average molecular weight is 527 g/mol. The number of benzene rings is 1. The van der Waals surface area contributed by atoms with E-state index in [1.807, 2.05) is 0 Å². The lowest BCUT2D eigenvalue weighted by Crippen LogP contribution is -2.71. The largest absolute Gasteiger partial charge is 0.488 e. The number of oxime groups is 1. The Morgan fingerprint density at radius 2 is 2.09 bits per heavy atom. The normalized spacial score (nSPS) is 18.1. The first-order valence-corrected chi connectivity index (χ1v) is 12.1. The van der Waals surface area contributed by atoms with Crippen LogP contribution < -0.4 is 27.3 Å². The van der Waals surface area contributed by atoms with E-state index < -0.39 is 34.2 Å². The summed E-state index contributed by atoms with van der Waals surface area (Å²) in [7, 11) is -4.74. The van der Waals surface area contributed by atoms with Gasteiger partial charge < -0.3 is 32.1 Å². The Balaban J connectivity index is 1.64. The van der Waals surface area contributed by atoms with Crippen molar-refractivity contribution in [3.8, 4) is 5.75 Å². The van der Waals surface area contributed by atoms with Crippen molar-refractivity contribution in [3.63, 3.8) is 0 Å². The third-order valence-corrected chi connectivity index (χ3v) is 6.44. The maximum atomic E-state index is 12.8. The van der Waals surface area contributed by atoms with Crippen LogP contribution in [0.15, 0.2) is 28.7 Å². The molecule has 1 fully saturated rings. The first kappa shape index (κ1) is 25.7. The maximum absolute atomic E-state index is 12.8. The number of nitrogens with two attached hydrogens (primary N) is 3. The summed E-state index contributed by atoms with van der Waals surface area (Å²) in [4.78, 5) is 34.0. The molecule has 15 nitrogen and oxygen atoms in total. The molecule has 2 aromatic rings. The van der Waals surface area contributed by atoms with Gasteiger partial charge in [-0.25, -0.2) is 9.29 Å². The van der Waals surface area contributed by atoms with Crippen LogP contribution in [-0.2, 0) is 24.7 Å². The van der Waals surface area contributed by atoms with Crippen molar-refractivity contribution >= 4 is 55.8 Å². The van der Waals surface area contributed by atoms with E-state index in [1.165, 1.54) is 18.4 Å². The van der Waals surface area contributed by atoms with Gasteiger partial charge in [-0.1, -0.05) is 5.16 Å². The molecule has 1 aliphatic heterocycles. The summed E-state index contributed by atoms with van der Waals surface area (Å²) in [5, 5.41) is 15.1. The highest BCUT2D eigenvalue weighted by Crippen LogP contribution is 2.24. The number of amidine groups is 1. The summed E-state index contributed by atoms with van der Waals surface area (Å²) in [6.07, 6.45) is 0. The standard InChI is InChI=1S/C18H22N8O7S2/c1-8-13(17(28)26(8)35(29,30)31)24-16(27)14(11-7-34-18(22)23-11)25-33-5-4-32-12-3-2-9(15(20)21)6-10(12)19/h2-3,6-8,13H,4-5,19H2,1H3,(H3,20,21)(H2,22,23)(H,24,27)(H,29,30,31)/t8-,13-/m0/s1. The first-order chi connectivity index (χ1) is 16.4. The van der Waals surface area contributed by atoms with Crippen LogP contribution in [0.5, 0.6) is 5.75 Å². The number of carbonyl (C=O) groups excluding carboxylic acids is 2. The second-order valence-electron chi connectivity index (χ2n) is 7.16. The number of hydrogen-bond acceptors (Lipinski definition) is 12. The molecular formula is C18H22N8O7S2. The Morgan fingerprint density at radius 3 is 2.63 bits per heavy atom. The molecule has 0 spiro atoms. The van der Waals surface area contributed by atoms with Crippen molar-refractivity contribution in [1.82, 2.24) is 14.6 Å². The molecule has 2 amide bonds. The molecule has 0 saturated carbocycles. The summed E-state index contributed by atoms with van der Waals surface area (Å²) in [5.41, 5.74) is 17.3. The van der Waals surface area contributed by atoms with Crippen LogP contribution in [-0.4, -0.2) is 70.9 Å². The molecule has 1 aliphatic rings. The zero-order chi connectivity index (χ0) is 25.9. The van der Waals surface area contributed by atoms with E-state index in [0.29, 0.717) is 11.3 Å². The highest BCUT2D eigenvalue weighted by atomic mass is 32.2. The lowest BCUT2D eigenvalue weighted by Gasteiger charge is -2.42. The number of rotatable bonds is 10. The molecule has 0 aliphatic carbocycles. The van der Waals surface area contributed by atoms with Gasteiger partial charge in [0.1, 0.15) is 29.9 Å². The topological polar surface area (TPSA) is 249 Å². The Morgan fingerprint density at radius 1 is 1.37 bits per heavy atom. The number of hydrogen-bond donors (Lipinski definition) is 6. The van der Waals surface area contributed by atoms with Crippen LogP contribution in [0.1, 0.15) is 18.2 Å². The molecule has 1 aromatic carbocycles. The second kappa shape index (κ2) is 10.1. The highest BCUT2D eigenvalue weighted by Gasteiger charge is 2.51. The number of amides is 2. The Hall–Kier alpha value is -3.96. The van der Waals surface area contributed by atoms with Gasteiger partial charge in [0.25, 0.3) is 11.8 Å². The number of nitrogens with zero attached hydrogens (tertiary/aromatic N) is 3. The van der Waals surface area contributed by atoms with E-state index in [1.54, 1.807) is 12.1 Å². The molecule has 188 valence electrons.